The summed E-state index contributed by atoms with van der Waals surface area (Å²) in [6.45, 7) is -0.530. The summed E-state index contributed by atoms with van der Waals surface area (Å²) in [5, 5.41) is 36.0. The van der Waals surface area contributed by atoms with Crippen LogP contribution >= 0.6 is 0 Å². The van der Waals surface area contributed by atoms with E-state index in [9.17, 15) is 10.2 Å². The number of benzene rings is 2. The second-order valence-corrected chi connectivity index (χ2v) is 5.76. The molecule has 0 radical (unpaired) electrons. The number of aliphatic hydroxyl groups is 4. The van der Waals surface area contributed by atoms with E-state index in [4.69, 9.17) is 19.7 Å². The predicted molar refractivity (Wildman–Crippen MR) is 92.9 cm³/mol. The SMILES string of the molecule is OC[C@H](O)COc1ccc(Cc2ccc(OC[C@@H](O)CO)cc2)cc1. The molecule has 0 saturated carbocycles. The second-order valence-electron chi connectivity index (χ2n) is 5.76. The van der Waals surface area contributed by atoms with Gasteiger partial charge in [0.2, 0.25) is 0 Å². The maximum Gasteiger partial charge on any atom is 0.119 e. The van der Waals surface area contributed by atoms with Gasteiger partial charge in [0.25, 0.3) is 0 Å². The van der Waals surface area contributed by atoms with Crippen LogP contribution < -0.4 is 9.47 Å². The lowest BCUT2D eigenvalue weighted by Gasteiger charge is -2.11. The first-order valence-electron chi connectivity index (χ1n) is 8.12. The van der Waals surface area contributed by atoms with Gasteiger partial charge in [0.05, 0.1) is 13.2 Å². The Kier molecular flexibility index (Phi) is 7.69. The average molecular weight is 348 g/mol. The number of rotatable bonds is 10. The first-order valence-corrected chi connectivity index (χ1v) is 8.12. The van der Waals surface area contributed by atoms with Gasteiger partial charge in [-0.25, -0.2) is 0 Å². The van der Waals surface area contributed by atoms with Gasteiger partial charge in [-0.2, -0.15) is 0 Å². The molecule has 0 saturated heterocycles. The third-order valence-electron chi connectivity index (χ3n) is 3.56. The summed E-state index contributed by atoms with van der Waals surface area (Å²) in [6.07, 6.45) is -1.00. The van der Waals surface area contributed by atoms with Crippen LogP contribution in [0.4, 0.5) is 0 Å². The van der Waals surface area contributed by atoms with Crippen molar-refractivity contribution in [1.29, 1.82) is 0 Å². The molecule has 0 aliphatic carbocycles. The Labute approximate surface area is 146 Å². The predicted octanol–water partition coefficient (Wildman–Crippen LogP) is 0.741. The highest BCUT2D eigenvalue weighted by Crippen LogP contribution is 2.18. The van der Waals surface area contributed by atoms with Gasteiger partial charge in [-0.3, -0.25) is 0 Å². The van der Waals surface area contributed by atoms with Gasteiger partial charge in [0.15, 0.2) is 0 Å². The van der Waals surface area contributed by atoms with Gasteiger partial charge >= 0.3 is 0 Å². The second kappa shape index (κ2) is 10.0. The van der Waals surface area contributed by atoms with Crippen molar-refractivity contribution in [3.63, 3.8) is 0 Å². The molecule has 0 heterocycles. The standard InChI is InChI=1S/C19H24O6/c20-10-16(22)12-24-18-5-1-14(2-6-18)9-15-3-7-19(8-4-15)25-13-17(23)11-21/h1-8,16-17,20-23H,9-13H2/t16-,17-/m0/s1. The van der Waals surface area contributed by atoms with Crippen molar-refractivity contribution in [2.45, 2.75) is 18.6 Å². The lowest BCUT2D eigenvalue weighted by molar-refractivity contribution is 0.0536. The summed E-state index contributed by atoms with van der Waals surface area (Å²) in [7, 11) is 0. The molecule has 25 heavy (non-hydrogen) atoms. The molecule has 6 heteroatoms. The zero-order valence-corrected chi connectivity index (χ0v) is 13.9. The molecule has 136 valence electrons. The number of hydrogen-bond donors (Lipinski definition) is 4. The molecule has 0 unspecified atom stereocenters. The van der Waals surface area contributed by atoms with E-state index < -0.39 is 12.2 Å². The van der Waals surface area contributed by atoms with Crippen molar-refractivity contribution in [1.82, 2.24) is 0 Å². The summed E-state index contributed by atoms with van der Waals surface area (Å²) in [5.74, 6) is 1.28. The maximum absolute atomic E-state index is 9.26. The van der Waals surface area contributed by atoms with E-state index in [2.05, 4.69) is 0 Å². The lowest BCUT2D eigenvalue weighted by Crippen LogP contribution is -2.21. The minimum Gasteiger partial charge on any atom is -0.491 e. The zero-order chi connectivity index (χ0) is 18.1. The highest BCUT2D eigenvalue weighted by molar-refractivity contribution is 5.34. The molecule has 0 fully saturated rings. The van der Waals surface area contributed by atoms with Crippen molar-refractivity contribution in [2.75, 3.05) is 26.4 Å². The molecular weight excluding hydrogens is 324 g/mol. The van der Waals surface area contributed by atoms with Crippen LogP contribution in [-0.4, -0.2) is 59.1 Å². The van der Waals surface area contributed by atoms with E-state index >= 15 is 0 Å². The molecule has 2 atom stereocenters. The molecule has 2 rings (SSSR count). The minimum atomic E-state index is -0.876. The largest absolute Gasteiger partial charge is 0.491 e. The molecule has 0 spiro atoms. The molecule has 6 nitrogen and oxygen atoms in total. The molecule has 0 aliphatic heterocycles. The van der Waals surface area contributed by atoms with Crippen molar-refractivity contribution in [3.8, 4) is 11.5 Å². The van der Waals surface area contributed by atoms with E-state index in [1.165, 1.54) is 0 Å². The van der Waals surface area contributed by atoms with E-state index in [0.717, 1.165) is 17.5 Å². The summed E-state index contributed by atoms with van der Waals surface area (Å²) in [6, 6.07) is 15.1. The van der Waals surface area contributed by atoms with Gasteiger partial charge in [-0.05, 0) is 41.8 Å². The fraction of sp³-hybridized carbons (Fsp3) is 0.368. The first kappa shape index (κ1) is 19.2. The molecule has 4 N–H and O–H groups in total. The van der Waals surface area contributed by atoms with Crippen molar-refractivity contribution in [2.24, 2.45) is 0 Å². The van der Waals surface area contributed by atoms with Gasteiger partial charge < -0.3 is 29.9 Å². The Hall–Kier alpha value is -2.12. The summed E-state index contributed by atoms with van der Waals surface area (Å²) >= 11 is 0. The normalized spacial score (nSPS) is 13.3. The first-order chi connectivity index (χ1) is 12.1. The van der Waals surface area contributed by atoms with Crippen LogP contribution in [-0.2, 0) is 6.42 Å². The smallest absolute Gasteiger partial charge is 0.119 e. The number of hydrogen-bond acceptors (Lipinski definition) is 6. The quantitative estimate of drug-likeness (QED) is 0.505. The van der Waals surface area contributed by atoms with Gasteiger partial charge in [0, 0.05) is 0 Å². The average Bonchev–Trinajstić information content (AvgIpc) is 2.66. The van der Waals surface area contributed by atoms with E-state index in [0.29, 0.717) is 11.5 Å². The molecule has 0 bridgehead atoms. The summed E-state index contributed by atoms with van der Waals surface area (Å²) in [5.41, 5.74) is 2.22. The van der Waals surface area contributed by atoms with Crippen LogP contribution in [0.15, 0.2) is 48.5 Å². The van der Waals surface area contributed by atoms with Crippen LogP contribution in [0.3, 0.4) is 0 Å². The number of aliphatic hydroxyl groups excluding tert-OH is 4. The highest BCUT2D eigenvalue weighted by Gasteiger charge is 2.05. The lowest BCUT2D eigenvalue weighted by atomic mass is 10.0. The van der Waals surface area contributed by atoms with Crippen LogP contribution in [0, 0.1) is 0 Å². The fourth-order valence-electron chi connectivity index (χ4n) is 2.13. The Balaban J connectivity index is 1.85. The fourth-order valence-corrected chi connectivity index (χ4v) is 2.13. The van der Waals surface area contributed by atoms with Crippen LogP contribution in [0.25, 0.3) is 0 Å². The van der Waals surface area contributed by atoms with Crippen molar-refractivity contribution >= 4 is 0 Å². The maximum atomic E-state index is 9.26. The third-order valence-corrected chi connectivity index (χ3v) is 3.56. The molecule has 2 aromatic rings. The summed E-state index contributed by atoms with van der Waals surface area (Å²) < 4.78 is 10.7. The minimum absolute atomic E-state index is 0.0578. The Bertz CT molecular complexity index is 555. The molecule has 2 aromatic carbocycles. The van der Waals surface area contributed by atoms with Crippen LogP contribution in [0.2, 0.25) is 0 Å². The molecule has 0 aromatic heterocycles. The summed E-state index contributed by atoms with van der Waals surface area (Å²) in [4.78, 5) is 0. The Morgan fingerprint density at radius 1 is 0.640 bits per heavy atom. The molecular formula is C19H24O6. The Morgan fingerprint density at radius 2 is 1.00 bits per heavy atom. The van der Waals surface area contributed by atoms with Crippen LogP contribution in [0.5, 0.6) is 11.5 Å². The molecule has 0 amide bonds. The monoisotopic (exact) mass is 348 g/mol. The van der Waals surface area contributed by atoms with E-state index in [1.54, 1.807) is 0 Å². The van der Waals surface area contributed by atoms with Gasteiger partial charge in [0.1, 0.15) is 36.9 Å². The third kappa shape index (κ3) is 6.72. The number of ether oxygens (including phenoxy) is 2. The van der Waals surface area contributed by atoms with Crippen molar-refractivity contribution in [3.05, 3.63) is 59.7 Å². The zero-order valence-electron chi connectivity index (χ0n) is 13.9. The van der Waals surface area contributed by atoms with Gasteiger partial charge in [-0.1, -0.05) is 24.3 Å². The van der Waals surface area contributed by atoms with E-state index in [-0.39, 0.29) is 26.4 Å². The van der Waals surface area contributed by atoms with Crippen molar-refractivity contribution < 1.29 is 29.9 Å². The van der Waals surface area contributed by atoms with E-state index in [1.807, 2.05) is 48.5 Å². The Morgan fingerprint density at radius 3 is 1.32 bits per heavy atom. The van der Waals surface area contributed by atoms with Crippen LogP contribution in [0.1, 0.15) is 11.1 Å². The highest BCUT2D eigenvalue weighted by atomic mass is 16.5. The molecule has 0 aliphatic rings. The topological polar surface area (TPSA) is 99.4 Å². The van der Waals surface area contributed by atoms with Gasteiger partial charge in [-0.15, -0.1) is 0 Å².